The molecule has 0 radical (unpaired) electrons. The van der Waals surface area contributed by atoms with Gasteiger partial charge < -0.3 is 0 Å². The lowest BCUT2D eigenvalue weighted by Gasteiger charge is -2.22. The van der Waals surface area contributed by atoms with Gasteiger partial charge in [0.05, 0.1) is 10.3 Å². The van der Waals surface area contributed by atoms with E-state index in [9.17, 15) is 0 Å². The number of thioether (sulfide) groups is 2. The molecule has 1 fully saturated rings. The second kappa shape index (κ2) is 7.00. The molecule has 1 saturated heterocycles. The van der Waals surface area contributed by atoms with E-state index in [-0.39, 0.29) is 0 Å². The first-order valence-corrected chi connectivity index (χ1v) is 8.94. The Bertz CT molecular complexity index is 575. The van der Waals surface area contributed by atoms with E-state index >= 15 is 0 Å². The van der Waals surface area contributed by atoms with Crippen molar-refractivity contribution in [1.82, 2.24) is 0 Å². The summed E-state index contributed by atoms with van der Waals surface area (Å²) in [6.45, 7) is 0. The number of hydrogen-bond donors (Lipinski definition) is 0. The van der Waals surface area contributed by atoms with Gasteiger partial charge in [-0.15, -0.1) is 23.5 Å². The van der Waals surface area contributed by atoms with Gasteiger partial charge in [-0.1, -0.05) is 48.5 Å². The number of hydrogen-bond acceptors (Lipinski definition) is 3. The van der Waals surface area contributed by atoms with E-state index in [2.05, 4.69) is 36.4 Å². The molecule has 2 aromatic rings. The highest BCUT2D eigenvalue weighted by Gasteiger charge is 2.18. The van der Waals surface area contributed by atoms with E-state index < -0.39 is 0 Å². The average molecular weight is 299 g/mol. The second-order valence-electron chi connectivity index (χ2n) is 4.65. The molecule has 1 aliphatic rings. The van der Waals surface area contributed by atoms with Crippen molar-refractivity contribution in [2.24, 2.45) is 4.99 Å². The summed E-state index contributed by atoms with van der Waals surface area (Å²) < 4.78 is 0.535. The summed E-state index contributed by atoms with van der Waals surface area (Å²) in [7, 11) is 0. The number of rotatable bonds is 3. The zero-order chi connectivity index (χ0) is 13.6. The van der Waals surface area contributed by atoms with Gasteiger partial charge in [0, 0.05) is 11.8 Å². The van der Waals surface area contributed by atoms with Crippen molar-refractivity contribution in [1.29, 1.82) is 0 Å². The number of benzene rings is 2. The summed E-state index contributed by atoms with van der Waals surface area (Å²) >= 11 is 4.08. The van der Waals surface area contributed by atoms with Crippen LogP contribution >= 0.6 is 23.5 Å². The summed E-state index contributed by atoms with van der Waals surface area (Å²) in [5.41, 5.74) is 3.60. The molecule has 3 heteroatoms. The van der Waals surface area contributed by atoms with Crippen LogP contribution in [0.2, 0.25) is 0 Å². The molecule has 2 aromatic carbocycles. The number of aliphatic imine (C=N–C) groups is 1. The van der Waals surface area contributed by atoms with E-state index in [1.165, 1.54) is 23.5 Å². The Morgan fingerprint density at radius 1 is 0.900 bits per heavy atom. The number of nitrogens with zero attached hydrogens (tertiary/aromatic N) is 1. The Labute approximate surface area is 128 Å². The van der Waals surface area contributed by atoms with Crippen LogP contribution in [-0.4, -0.2) is 17.7 Å². The predicted octanol–water partition coefficient (Wildman–Crippen LogP) is 5.31. The van der Waals surface area contributed by atoms with Gasteiger partial charge in [-0.3, -0.25) is 4.99 Å². The average Bonchev–Trinajstić information content (AvgIpc) is 2.55. The third-order valence-corrected chi connectivity index (χ3v) is 6.15. The zero-order valence-electron chi connectivity index (χ0n) is 11.2. The number of para-hydroxylation sites is 1. The molecule has 20 heavy (non-hydrogen) atoms. The van der Waals surface area contributed by atoms with Crippen LogP contribution in [0, 0.1) is 0 Å². The van der Waals surface area contributed by atoms with Gasteiger partial charge in [0.15, 0.2) is 0 Å². The smallest absolute Gasteiger partial charge is 0.0772 e. The van der Waals surface area contributed by atoms with E-state index in [0.29, 0.717) is 4.58 Å². The van der Waals surface area contributed by atoms with Crippen LogP contribution in [0.4, 0.5) is 5.69 Å². The maximum atomic E-state index is 4.70. The molecule has 0 atom stereocenters. The van der Waals surface area contributed by atoms with E-state index in [0.717, 1.165) is 11.3 Å². The third-order valence-electron chi connectivity index (χ3n) is 3.17. The minimum Gasteiger partial charge on any atom is -0.256 e. The predicted molar refractivity (Wildman–Crippen MR) is 92.4 cm³/mol. The van der Waals surface area contributed by atoms with Crippen molar-refractivity contribution in [3.05, 3.63) is 65.7 Å². The lowest BCUT2D eigenvalue weighted by molar-refractivity contribution is 1.10. The lowest BCUT2D eigenvalue weighted by atomic mass is 10.2. The summed E-state index contributed by atoms with van der Waals surface area (Å²) in [6, 6.07) is 18.8. The van der Waals surface area contributed by atoms with Crippen molar-refractivity contribution in [3.8, 4) is 0 Å². The van der Waals surface area contributed by atoms with Gasteiger partial charge in [0.25, 0.3) is 0 Å². The third kappa shape index (κ3) is 3.47. The second-order valence-corrected chi connectivity index (χ2v) is 7.38. The molecule has 3 rings (SSSR count). The molecule has 0 saturated carbocycles. The Kier molecular flexibility index (Phi) is 4.82. The first kappa shape index (κ1) is 13.8. The van der Waals surface area contributed by atoms with Gasteiger partial charge in [-0.2, -0.15) is 0 Å². The first-order chi connectivity index (χ1) is 9.93. The fourth-order valence-corrected chi connectivity index (χ4v) is 5.11. The highest BCUT2D eigenvalue weighted by Crippen LogP contribution is 2.46. The minimum atomic E-state index is 0.535. The van der Waals surface area contributed by atoms with Gasteiger partial charge in [0.2, 0.25) is 0 Å². The summed E-state index contributed by atoms with van der Waals surface area (Å²) in [6.07, 6.45) is 3.28. The Morgan fingerprint density at radius 2 is 1.60 bits per heavy atom. The van der Waals surface area contributed by atoms with E-state index in [4.69, 9.17) is 4.99 Å². The van der Waals surface area contributed by atoms with Gasteiger partial charge in [-0.05, 0) is 29.6 Å². The lowest BCUT2D eigenvalue weighted by Crippen LogP contribution is -2.00. The van der Waals surface area contributed by atoms with Crippen molar-refractivity contribution in [2.75, 3.05) is 11.5 Å². The van der Waals surface area contributed by atoms with Crippen molar-refractivity contribution >= 4 is 35.4 Å². The van der Waals surface area contributed by atoms with E-state index in [1.54, 1.807) is 0 Å². The van der Waals surface area contributed by atoms with Crippen LogP contribution in [0.1, 0.15) is 22.1 Å². The molecular weight excluding hydrogens is 282 g/mol. The molecule has 1 heterocycles. The monoisotopic (exact) mass is 299 g/mol. The fourth-order valence-electron chi connectivity index (χ4n) is 2.15. The van der Waals surface area contributed by atoms with Crippen molar-refractivity contribution in [2.45, 2.75) is 11.0 Å². The summed E-state index contributed by atoms with van der Waals surface area (Å²) in [5, 5.41) is 0. The van der Waals surface area contributed by atoms with Crippen LogP contribution in [0.3, 0.4) is 0 Å². The standard InChI is InChI=1S/C17H17NS2/c1-2-7-14(8-3-1)13-18-16-10-5-4-9-15(16)17-19-11-6-12-20-17/h1-5,7-10,13,17H,6,11-12H2. The molecule has 0 unspecified atom stereocenters. The molecule has 102 valence electrons. The Balaban J connectivity index is 1.84. The molecular formula is C17H17NS2. The highest BCUT2D eigenvalue weighted by molar-refractivity contribution is 8.16. The molecule has 0 bridgehead atoms. The van der Waals surface area contributed by atoms with Crippen LogP contribution < -0.4 is 0 Å². The van der Waals surface area contributed by atoms with Gasteiger partial charge >= 0.3 is 0 Å². The van der Waals surface area contributed by atoms with Crippen LogP contribution in [0.25, 0.3) is 0 Å². The molecule has 0 spiro atoms. The molecule has 0 N–H and O–H groups in total. The molecule has 0 amide bonds. The normalized spacial score (nSPS) is 16.6. The molecule has 1 nitrogen and oxygen atoms in total. The van der Waals surface area contributed by atoms with E-state index in [1.807, 2.05) is 47.9 Å². The van der Waals surface area contributed by atoms with Gasteiger partial charge in [-0.25, -0.2) is 0 Å². The minimum absolute atomic E-state index is 0.535. The van der Waals surface area contributed by atoms with Crippen molar-refractivity contribution < 1.29 is 0 Å². The Morgan fingerprint density at radius 3 is 2.40 bits per heavy atom. The fraction of sp³-hybridized carbons (Fsp3) is 0.235. The van der Waals surface area contributed by atoms with Crippen molar-refractivity contribution in [3.63, 3.8) is 0 Å². The maximum Gasteiger partial charge on any atom is 0.0772 e. The topological polar surface area (TPSA) is 12.4 Å². The largest absolute Gasteiger partial charge is 0.256 e. The molecule has 0 aliphatic carbocycles. The summed E-state index contributed by atoms with van der Waals surface area (Å²) in [4.78, 5) is 4.70. The Hall–Kier alpha value is -1.19. The van der Waals surface area contributed by atoms with Crippen LogP contribution in [0.15, 0.2) is 59.6 Å². The zero-order valence-corrected chi connectivity index (χ0v) is 12.9. The van der Waals surface area contributed by atoms with Crippen LogP contribution in [-0.2, 0) is 0 Å². The maximum absolute atomic E-state index is 4.70. The first-order valence-electron chi connectivity index (χ1n) is 6.85. The molecule has 1 aliphatic heterocycles. The van der Waals surface area contributed by atoms with Gasteiger partial charge in [0.1, 0.15) is 0 Å². The quantitative estimate of drug-likeness (QED) is 0.712. The summed E-state index contributed by atoms with van der Waals surface area (Å²) in [5.74, 6) is 2.52. The van der Waals surface area contributed by atoms with Crippen LogP contribution in [0.5, 0.6) is 0 Å². The highest BCUT2D eigenvalue weighted by atomic mass is 32.2. The SMILES string of the molecule is C(=Nc1ccccc1C1SCCCS1)c1ccccc1. The molecule has 0 aromatic heterocycles.